The number of thioether (sulfide) groups is 1. The van der Waals surface area contributed by atoms with Crippen molar-refractivity contribution in [3.63, 3.8) is 0 Å². The fourth-order valence-corrected chi connectivity index (χ4v) is 6.24. The molecule has 0 spiro atoms. The van der Waals surface area contributed by atoms with Gasteiger partial charge in [0, 0.05) is 10.6 Å². The Kier molecular flexibility index (Phi) is 6.14. The quantitative estimate of drug-likeness (QED) is 0.256. The van der Waals surface area contributed by atoms with Crippen LogP contribution in [-0.2, 0) is 12.8 Å². The Labute approximate surface area is 195 Å². The molecular weight excluding hydrogens is 436 g/mol. The highest BCUT2D eigenvalue weighted by Crippen LogP contribution is 2.35. The van der Waals surface area contributed by atoms with Gasteiger partial charge in [-0.25, -0.2) is 4.98 Å². The van der Waals surface area contributed by atoms with Crippen LogP contribution in [0.4, 0.5) is 0 Å². The molecule has 0 saturated heterocycles. The molecule has 0 N–H and O–H groups in total. The normalized spacial score (nSPS) is 13.5. The van der Waals surface area contributed by atoms with E-state index in [0.29, 0.717) is 0 Å². The van der Waals surface area contributed by atoms with Gasteiger partial charge in [-0.2, -0.15) is 0 Å². The number of aryl methyl sites for hydroxylation is 2. The lowest BCUT2D eigenvalue weighted by molar-refractivity contribution is 0.414. The van der Waals surface area contributed by atoms with Crippen LogP contribution in [0.25, 0.3) is 22.0 Å². The van der Waals surface area contributed by atoms with Crippen LogP contribution in [0.3, 0.4) is 0 Å². The van der Waals surface area contributed by atoms with E-state index in [-0.39, 0.29) is 5.56 Å². The van der Waals surface area contributed by atoms with Gasteiger partial charge in [0.05, 0.1) is 18.2 Å². The van der Waals surface area contributed by atoms with Gasteiger partial charge in [-0.3, -0.25) is 9.36 Å². The van der Waals surface area contributed by atoms with Crippen LogP contribution in [-0.4, -0.2) is 22.4 Å². The Hall–Kier alpha value is -2.83. The predicted octanol–water partition coefficient (Wildman–Crippen LogP) is 6.14. The molecule has 0 unspecified atom stereocenters. The van der Waals surface area contributed by atoms with Crippen molar-refractivity contribution >= 4 is 39.4 Å². The van der Waals surface area contributed by atoms with E-state index in [1.165, 1.54) is 16.9 Å². The molecule has 1 aliphatic rings. The lowest BCUT2D eigenvalue weighted by atomic mass is 9.97. The molecule has 162 valence electrons. The van der Waals surface area contributed by atoms with Gasteiger partial charge in [-0.05, 0) is 61.1 Å². The molecule has 0 radical (unpaired) electrons. The summed E-state index contributed by atoms with van der Waals surface area (Å²) in [5, 5.41) is 1.54. The van der Waals surface area contributed by atoms with Crippen molar-refractivity contribution in [2.75, 3.05) is 12.9 Å². The van der Waals surface area contributed by atoms with Crippen LogP contribution in [0.1, 0.15) is 28.8 Å². The maximum Gasteiger partial charge on any atom is 0.267 e. The maximum atomic E-state index is 13.8. The van der Waals surface area contributed by atoms with E-state index in [4.69, 9.17) is 9.72 Å². The molecule has 0 fully saturated rings. The Morgan fingerprint density at radius 3 is 2.66 bits per heavy atom. The molecule has 5 rings (SSSR count). The van der Waals surface area contributed by atoms with Gasteiger partial charge in [0.2, 0.25) is 0 Å². The van der Waals surface area contributed by atoms with Gasteiger partial charge in [-0.1, -0.05) is 54.2 Å². The molecule has 0 aliphatic heterocycles. The van der Waals surface area contributed by atoms with Gasteiger partial charge in [0.25, 0.3) is 5.56 Å². The van der Waals surface area contributed by atoms with E-state index in [1.807, 2.05) is 42.5 Å². The van der Waals surface area contributed by atoms with Crippen LogP contribution in [0, 0.1) is 0 Å². The van der Waals surface area contributed by atoms with Crippen molar-refractivity contribution in [2.24, 2.45) is 0 Å². The second kappa shape index (κ2) is 9.35. The molecule has 0 atom stereocenters. The van der Waals surface area contributed by atoms with E-state index in [0.717, 1.165) is 57.4 Å². The number of nitrogens with zero attached hydrogens (tertiary/aromatic N) is 2. The van der Waals surface area contributed by atoms with Gasteiger partial charge in [-0.15, -0.1) is 11.3 Å². The van der Waals surface area contributed by atoms with Crippen molar-refractivity contribution in [1.29, 1.82) is 0 Å². The summed E-state index contributed by atoms with van der Waals surface area (Å²) in [7, 11) is 1.65. The highest BCUT2D eigenvalue weighted by Gasteiger charge is 2.22. The first-order chi connectivity index (χ1) is 15.7. The summed E-state index contributed by atoms with van der Waals surface area (Å²) in [5.74, 6) is 1.50. The van der Waals surface area contributed by atoms with Crippen molar-refractivity contribution in [3.8, 4) is 11.4 Å². The molecule has 6 heteroatoms. The lowest BCUT2D eigenvalue weighted by Gasteiger charge is -2.13. The highest BCUT2D eigenvalue weighted by molar-refractivity contribution is 7.99. The molecule has 0 bridgehead atoms. The number of hydrogen-bond donors (Lipinski definition) is 0. The van der Waals surface area contributed by atoms with Gasteiger partial charge in [0.15, 0.2) is 5.16 Å². The number of thiophene rings is 1. The van der Waals surface area contributed by atoms with Gasteiger partial charge in [0.1, 0.15) is 10.6 Å². The van der Waals surface area contributed by atoms with E-state index in [9.17, 15) is 4.79 Å². The van der Waals surface area contributed by atoms with E-state index in [1.54, 1.807) is 34.8 Å². The topological polar surface area (TPSA) is 44.1 Å². The fraction of sp³-hybridized carbons (Fsp3) is 0.231. The van der Waals surface area contributed by atoms with Crippen molar-refractivity contribution < 1.29 is 4.74 Å². The van der Waals surface area contributed by atoms with Crippen molar-refractivity contribution in [1.82, 2.24) is 9.55 Å². The maximum absolute atomic E-state index is 13.8. The predicted molar refractivity (Wildman–Crippen MR) is 135 cm³/mol. The molecule has 1 aliphatic carbocycles. The smallest absolute Gasteiger partial charge is 0.267 e. The number of rotatable bonds is 6. The zero-order valence-electron chi connectivity index (χ0n) is 17.9. The Morgan fingerprint density at radius 1 is 1.09 bits per heavy atom. The summed E-state index contributed by atoms with van der Waals surface area (Å²) < 4.78 is 7.07. The third-order valence-corrected chi connectivity index (χ3v) is 7.78. The first kappa shape index (κ1) is 21.0. The zero-order valence-corrected chi connectivity index (χ0v) is 19.5. The van der Waals surface area contributed by atoms with Crippen LogP contribution >= 0.6 is 23.1 Å². The van der Waals surface area contributed by atoms with Crippen LogP contribution in [0.5, 0.6) is 5.75 Å². The first-order valence-corrected chi connectivity index (χ1v) is 12.6. The Balaban J connectivity index is 1.56. The summed E-state index contributed by atoms with van der Waals surface area (Å²) in [5.41, 5.74) is 3.23. The fourth-order valence-electron chi connectivity index (χ4n) is 4.11. The molecule has 0 amide bonds. The van der Waals surface area contributed by atoms with Crippen LogP contribution in [0.15, 0.2) is 70.6 Å². The largest absolute Gasteiger partial charge is 0.497 e. The summed E-state index contributed by atoms with van der Waals surface area (Å²) in [6.07, 6.45) is 8.58. The standard InChI is InChI=1S/C26H24N2O2S2/c1-30-20-15-13-19(14-16-20)28-25(29)23-21-11-5-6-12-22(21)32-24(23)27-26(28)31-17-7-10-18-8-3-2-4-9-18/h2-4,7-10,13-16H,5-6,11-12,17H2,1H3/b10-7+. The summed E-state index contributed by atoms with van der Waals surface area (Å²) in [4.78, 5) is 21.0. The summed E-state index contributed by atoms with van der Waals surface area (Å²) in [6.45, 7) is 0. The number of methoxy groups -OCH3 is 1. The Bertz CT molecular complexity index is 1320. The SMILES string of the molecule is COc1ccc(-n2c(SC/C=C/c3ccccc3)nc3sc4c(c3c2=O)CCCC4)cc1. The number of aromatic nitrogens is 2. The second-order valence-electron chi connectivity index (χ2n) is 7.75. The molecular formula is C26H24N2O2S2. The monoisotopic (exact) mass is 460 g/mol. The molecule has 0 saturated carbocycles. The third kappa shape index (κ3) is 4.12. The highest BCUT2D eigenvalue weighted by atomic mass is 32.2. The minimum absolute atomic E-state index is 0.0362. The average Bonchev–Trinajstić information content (AvgIpc) is 3.21. The second-order valence-corrected chi connectivity index (χ2v) is 9.82. The molecule has 4 nitrogen and oxygen atoms in total. The summed E-state index contributed by atoms with van der Waals surface area (Å²) >= 11 is 3.28. The number of fused-ring (bicyclic) bond motifs is 3. The summed E-state index contributed by atoms with van der Waals surface area (Å²) in [6, 6.07) is 17.9. The average molecular weight is 461 g/mol. The minimum Gasteiger partial charge on any atom is -0.497 e. The number of hydrogen-bond acceptors (Lipinski definition) is 5. The number of ether oxygens (including phenoxy) is 1. The third-order valence-electron chi connectivity index (χ3n) is 5.71. The first-order valence-electron chi connectivity index (χ1n) is 10.8. The molecule has 32 heavy (non-hydrogen) atoms. The van der Waals surface area contributed by atoms with Crippen molar-refractivity contribution in [3.05, 3.63) is 87.0 Å². The van der Waals surface area contributed by atoms with Crippen molar-refractivity contribution in [2.45, 2.75) is 30.8 Å². The van der Waals surface area contributed by atoms with Gasteiger partial charge < -0.3 is 4.74 Å². The van der Waals surface area contributed by atoms with E-state index in [2.05, 4.69) is 24.3 Å². The minimum atomic E-state index is 0.0362. The van der Waals surface area contributed by atoms with Crippen LogP contribution in [0.2, 0.25) is 0 Å². The van der Waals surface area contributed by atoms with Crippen LogP contribution < -0.4 is 10.3 Å². The zero-order chi connectivity index (χ0) is 21.9. The van der Waals surface area contributed by atoms with E-state index >= 15 is 0 Å². The molecule has 2 heterocycles. The Morgan fingerprint density at radius 2 is 1.88 bits per heavy atom. The van der Waals surface area contributed by atoms with E-state index < -0.39 is 0 Å². The lowest BCUT2D eigenvalue weighted by Crippen LogP contribution is -2.22. The molecule has 2 aromatic heterocycles. The number of benzene rings is 2. The molecule has 4 aromatic rings. The van der Waals surface area contributed by atoms with Gasteiger partial charge >= 0.3 is 0 Å². The molecule has 2 aromatic carbocycles.